The molecule has 92 valence electrons. The van der Waals surface area contributed by atoms with Crippen LogP contribution in [0.15, 0.2) is 24.3 Å². The molecule has 0 spiro atoms. The van der Waals surface area contributed by atoms with E-state index in [0.29, 0.717) is 30.9 Å². The SMILES string of the molecule is COCCC(N)C1COc2ccccc2C1=O. The van der Waals surface area contributed by atoms with Crippen LogP contribution in [-0.2, 0) is 4.74 Å². The molecule has 2 unspecified atom stereocenters. The van der Waals surface area contributed by atoms with Gasteiger partial charge in [0.2, 0.25) is 0 Å². The summed E-state index contributed by atoms with van der Waals surface area (Å²) in [6, 6.07) is 7.08. The Balaban J connectivity index is 2.11. The smallest absolute Gasteiger partial charge is 0.174 e. The Morgan fingerprint density at radius 3 is 3.06 bits per heavy atom. The van der Waals surface area contributed by atoms with Gasteiger partial charge >= 0.3 is 0 Å². The maximum atomic E-state index is 12.2. The topological polar surface area (TPSA) is 61.6 Å². The standard InChI is InChI=1S/C13H17NO3/c1-16-7-6-11(14)10-8-17-12-5-3-2-4-9(12)13(10)15/h2-5,10-11H,6-8,14H2,1H3. The van der Waals surface area contributed by atoms with E-state index in [1.807, 2.05) is 18.2 Å². The van der Waals surface area contributed by atoms with E-state index in [2.05, 4.69) is 0 Å². The molecular weight excluding hydrogens is 218 g/mol. The number of Topliss-reactive ketones (excluding diaryl/α,β-unsaturated/α-hetero) is 1. The third-order valence-corrected chi connectivity index (χ3v) is 3.08. The van der Waals surface area contributed by atoms with Crippen molar-refractivity contribution in [2.75, 3.05) is 20.3 Å². The molecule has 2 rings (SSSR count). The van der Waals surface area contributed by atoms with Crippen LogP contribution in [0.1, 0.15) is 16.8 Å². The van der Waals surface area contributed by atoms with Gasteiger partial charge in [-0.05, 0) is 18.6 Å². The zero-order valence-corrected chi connectivity index (χ0v) is 9.89. The number of methoxy groups -OCH3 is 1. The number of hydrogen-bond donors (Lipinski definition) is 1. The zero-order valence-electron chi connectivity index (χ0n) is 9.89. The molecule has 2 N–H and O–H groups in total. The Hall–Kier alpha value is -1.39. The molecule has 0 bridgehead atoms. The maximum Gasteiger partial charge on any atom is 0.174 e. The van der Waals surface area contributed by atoms with Gasteiger partial charge < -0.3 is 15.2 Å². The summed E-state index contributed by atoms with van der Waals surface area (Å²) in [6.07, 6.45) is 0.665. The molecule has 4 heteroatoms. The molecule has 0 aromatic heterocycles. The molecule has 2 atom stereocenters. The largest absolute Gasteiger partial charge is 0.492 e. The van der Waals surface area contributed by atoms with E-state index in [1.165, 1.54) is 0 Å². The molecule has 0 saturated carbocycles. The highest BCUT2D eigenvalue weighted by Gasteiger charge is 2.32. The minimum Gasteiger partial charge on any atom is -0.492 e. The lowest BCUT2D eigenvalue weighted by molar-refractivity contribution is 0.0777. The molecular formula is C13H17NO3. The van der Waals surface area contributed by atoms with Gasteiger partial charge in [-0.2, -0.15) is 0 Å². The van der Waals surface area contributed by atoms with Gasteiger partial charge in [-0.1, -0.05) is 12.1 Å². The van der Waals surface area contributed by atoms with Crippen LogP contribution in [-0.4, -0.2) is 32.1 Å². The maximum absolute atomic E-state index is 12.2. The summed E-state index contributed by atoms with van der Waals surface area (Å²) < 4.78 is 10.5. The highest BCUT2D eigenvalue weighted by Crippen LogP contribution is 2.28. The second kappa shape index (κ2) is 5.29. The van der Waals surface area contributed by atoms with Gasteiger partial charge in [0.1, 0.15) is 5.75 Å². The van der Waals surface area contributed by atoms with Crippen LogP contribution in [0.4, 0.5) is 0 Å². The van der Waals surface area contributed by atoms with Gasteiger partial charge in [0.15, 0.2) is 5.78 Å². The highest BCUT2D eigenvalue weighted by atomic mass is 16.5. The van der Waals surface area contributed by atoms with Crippen molar-refractivity contribution < 1.29 is 14.3 Å². The number of carbonyl (C=O) groups excluding carboxylic acids is 1. The third kappa shape index (κ3) is 2.48. The summed E-state index contributed by atoms with van der Waals surface area (Å²) >= 11 is 0. The van der Waals surface area contributed by atoms with Crippen molar-refractivity contribution in [3.63, 3.8) is 0 Å². The monoisotopic (exact) mass is 235 g/mol. The lowest BCUT2D eigenvalue weighted by atomic mass is 9.88. The Bertz CT molecular complexity index is 405. The number of hydrogen-bond acceptors (Lipinski definition) is 4. The van der Waals surface area contributed by atoms with Crippen LogP contribution in [0.25, 0.3) is 0 Å². The molecule has 0 amide bonds. The fourth-order valence-corrected chi connectivity index (χ4v) is 2.02. The molecule has 1 aromatic carbocycles. The summed E-state index contributed by atoms with van der Waals surface area (Å²) in [6.45, 7) is 0.924. The first-order chi connectivity index (χ1) is 8.24. The number of nitrogens with two attached hydrogens (primary N) is 1. The molecule has 1 aromatic rings. The normalized spacial score (nSPS) is 20.6. The summed E-state index contributed by atoms with van der Waals surface area (Å²) in [5.41, 5.74) is 6.64. The van der Waals surface area contributed by atoms with Gasteiger partial charge in [-0.3, -0.25) is 4.79 Å². The van der Waals surface area contributed by atoms with Gasteiger partial charge in [0, 0.05) is 19.8 Å². The van der Waals surface area contributed by atoms with E-state index in [1.54, 1.807) is 13.2 Å². The van der Waals surface area contributed by atoms with Crippen LogP contribution in [0, 0.1) is 5.92 Å². The van der Waals surface area contributed by atoms with Crippen molar-refractivity contribution in [2.45, 2.75) is 12.5 Å². The molecule has 0 aliphatic carbocycles. The van der Waals surface area contributed by atoms with Crippen LogP contribution < -0.4 is 10.5 Å². The molecule has 17 heavy (non-hydrogen) atoms. The number of ketones is 1. The van der Waals surface area contributed by atoms with E-state index in [0.717, 1.165) is 0 Å². The second-order valence-corrected chi connectivity index (χ2v) is 4.22. The quantitative estimate of drug-likeness (QED) is 0.853. The molecule has 0 radical (unpaired) electrons. The lowest BCUT2D eigenvalue weighted by Crippen LogP contribution is -2.42. The van der Waals surface area contributed by atoms with Crippen molar-refractivity contribution in [3.8, 4) is 5.75 Å². The summed E-state index contributed by atoms with van der Waals surface area (Å²) in [5, 5.41) is 0. The highest BCUT2D eigenvalue weighted by molar-refractivity contribution is 6.01. The van der Waals surface area contributed by atoms with Crippen molar-refractivity contribution in [1.29, 1.82) is 0 Å². The minimum absolute atomic E-state index is 0.0791. The average molecular weight is 235 g/mol. The number of ether oxygens (including phenoxy) is 2. The number of benzene rings is 1. The van der Waals surface area contributed by atoms with E-state index in [4.69, 9.17) is 15.2 Å². The summed E-state index contributed by atoms with van der Waals surface area (Å²) in [5.74, 6) is 0.475. The molecule has 4 nitrogen and oxygen atoms in total. The first kappa shape index (κ1) is 12.1. The minimum atomic E-state index is -0.264. The van der Waals surface area contributed by atoms with Gasteiger partial charge in [0.25, 0.3) is 0 Å². The fourth-order valence-electron chi connectivity index (χ4n) is 2.02. The van der Waals surface area contributed by atoms with Crippen LogP contribution in [0.2, 0.25) is 0 Å². The van der Waals surface area contributed by atoms with Crippen molar-refractivity contribution in [1.82, 2.24) is 0 Å². The molecule has 0 saturated heterocycles. The van der Waals surface area contributed by atoms with Gasteiger partial charge in [0.05, 0.1) is 18.1 Å². The summed E-state index contributed by atoms with van der Waals surface area (Å²) in [4.78, 5) is 12.2. The van der Waals surface area contributed by atoms with E-state index >= 15 is 0 Å². The van der Waals surface area contributed by atoms with Crippen molar-refractivity contribution in [2.24, 2.45) is 11.7 Å². The molecule has 1 aliphatic rings. The van der Waals surface area contributed by atoms with Gasteiger partial charge in [-0.15, -0.1) is 0 Å². The number of para-hydroxylation sites is 1. The van der Waals surface area contributed by atoms with Gasteiger partial charge in [-0.25, -0.2) is 0 Å². The Kier molecular flexibility index (Phi) is 3.76. The van der Waals surface area contributed by atoms with Crippen molar-refractivity contribution >= 4 is 5.78 Å². The number of rotatable bonds is 4. The third-order valence-electron chi connectivity index (χ3n) is 3.08. The predicted octanol–water partition coefficient (Wildman–Crippen LogP) is 1.24. The van der Waals surface area contributed by atoms with Crippen molar-refractivity contribution in [3.05, 3.63) is 29.8 Å². The molecule has 1 heterocycles. The van der Waals surface area contributed by atoms with E-state index < -0.39 is 0 Å². The Morgan fingerprint density at radius 1 is 1.53 bits per heavy atom. The second-order valence-electron chi connectivity index (χ2n) is 4.22. The molecule has 1 aliphatic heterocycles. The van der Waals surface area contributed by atoms with Crippen LogP contribution >= 0.6 is 0 Å². The predicted molar refractivity (Wildman–Crippen MR) is 64.2 cm³/mol. The van der Waals surface area contributed by atoms with Crippen LogP contribution in [0.3, 0.4) is 0 Å². The lowest BCUT2D eigenvalue weighted by Gasteiger charge is -2.28. The number of carbonyl (C=O) groups is 1. The number of fused-ring (bicyclic) bond motifs is 1. The zero-order chi connectivity index (χ0) is 12.3. The Morgan fingerprint density at radius 2 is 2.29 bits per heavy atom. The van der Waals surface area contributed by atoms with Crippen LogP contribution in [0.5, 0.6) is 5.75 Å². The summed E-state index contributed by atoms with van der Waals surface area (Å²) in [7, 11) is 1.63. The fraction of sp³-hybridized carbons (Fsp3) is 0.462. The van der Waals surface area contributed by atoms with E-state index in [9.17, 15) is 4.79 Å². The first-order valence-corrected chi connectivity index (χ1v) is 5.74. The van der Waals surface area contributed by atoms with E-state index in [-0.39, 0.29) is 17.7 Å². The first-order valence-electron chi connectivity index (χ1n) is 5.74. The Labute approximate surface area is 101 Å². The average Bonchev–Trinajstić information content (AvgIpc) is 2.37. The molecule has 0 fully saturated rings.